The molecule has 2 heterocycles. The molecular formula is C31H48O6. The van der Waals surface area contributed by atoms with Crippen molar-refractivity contribution in [2.45, 2.75) is 136 Å². The third-order valence-electron chi connectivity index (χ3n) is 14.4. The minimum atomic E-state index is -0.736. The highest BCUT2D eigenvalue weighted by molar-refractivity contribution is 5.63. The summed E-state index contributed by atoms with van der Waals surface area (Å²) in [6.45, 7) is 15.6. The first-order valence-corrected chi connectivity index (χ1v) is 15.1. The lowest BCUT2D eigenvalue weighted by atomic mass is 9.41. The van der Waals surface area contributed by atoms with Crippen LogP contribution in [0.5, 0.6) is 0 Å². The number of aliphatic hydroxyl groups is 2. The minimum absolute atomic E-state index is 0.00999. The van der Waals surface area contributed by atoms with Crippen LogP contribution >= 0.6 is 0 Å². The molecule has 13 atom stereocenters. The van der Waals surface area contributed by atoms with Crippen molar-refractivity contribution in [3.8, 4) is 0 Å². The van der Waals surface area contributed by atoms with E-state index >= 15 is 0 Å². The molecule has 37 heavy (non-hydrogen) atoms. The Morgan fingerprint density at radius 2 is 1.57 bits per heavy atom. The number of rotatable bonds is 1. The number of cyclic esters (lactones) is 2. The van der Waals surface area contributed by atoms with Gasteiger partial charge in [0, 0.05) is 5.41 Å². The molecule has 5 saturated carbocycles. The van der Waals surface area contributed by atoms with Crippen LogP contribution in [0.15, 0.2) is 0 Å². The first-order chi connectivity index (χ1) is 17.2. The minimum Gasteiger partial charge on any atom is -0.424 e. The summed E-state index contributed by atoms with van der Waals surface area (Å²) in [4.78, 5) is 12.0. The second kappa shape index (κ2) is 7.07. The van der Waals surface area contributed by atoms with E-state index < -0.39 is 24.0 Å². The van der Waals surface area contributed by atoms with Crippen molar-refractivity contribution in [2.75, 3.05) is 0 Å². The molecule has 2 N–H and O–H groups in total. The van der Waals surface area contributed by atoms with Gasteiger partial charge in [0.1, 0.15) is 5.60 Å². The number of hydrogen-bond acceptors (Lipinski definition) is 6. The molecular weight excluding hydrogens is 468 g/mol. The fourth-order valence-corrected chi connectivity index (χ4v) is 12.6. The fraction of sp³-hybridized carbons (Fsp3) is 0.968. The third-order valence-corrected chi connectivity index (χ3v) is 14.4. The molecule has 0 radical (unpaired) electrons. The first kappa shape index (κ1) is 25.1. The molecule has 2 spiro atoms. The van der Waals surface area contributed by atoms with E-state index in [1.165, 1.54) is 12.8 Å². The Morgan fingerprint density at radius 3 is 2.24 bits per heavy atom. The summed E-state index contributed by atoms with van der Waals surface area (Å²) in [7, 11) is 0. The van der Waals surface area contributed by atoms with E-state index in [4.69, 9.17) is 14.2 Å². The maximum absolute atomic E-state index is 12.3. The van der Waals surface area contributed by atoms with Gasteiger partial charge in [-0.15, -0.1) is 0 Å². The Balaban J connectivity index is 1.23. The predicted molar refractivity (Wildman–Crippen MR) is 138 cm³/mol. The van der Waals surface area contributed by atoms with E-state index in [0.717, 1.165) is 38.5 Å². The van der Waals surface area contributed by atoms with Gasteiger partial charge < -0.3 is 24.4 Å². The lowest BCUT2D eigenvalue weighted by Gasteiger charge is -2.63. The summed E-state index contributed by atoms with van der Waals surface area (Å²) in [6.07, 6.45) is 6.53. The lowest BCUT2D eigenvalue weighted by molar-refractivity contribution is -0.184. The molecule has 7 fully saturated rings. The summed E-state index contributed by atoms with van der Waals surface area (Å²) >= 11 is 0. The molecule has 7 rings (SSSR count). The van der Waals surface area contributed by atoms with Gasteiger partial charge in [-0.3, -0.25) is 0 Å². The van der Waals surface area contributed by atoms with E-state index in [1.807, 2.05) is 13.8 Å². The normalized spacial score (nSPS) is 60.7. The smallest absolute Gasteiger partial charge is 0.424 e. The Bertz CT molecular complexity index is 1020. The van der Waals surface area contributed by atoms with Crippen LogP contribution in [0.4, 0.5) is 4.79 Å². The zero-order chi connectivity index (χ0) is 26.6. The van der Waals surface area contributed by atoms with Gasteiger partial charge in [0.05, 0.1) is 24.4 Å². The molecule has 0 aromatic heterocycles. The second-order valence-electron chi connectivity index (χ2n) is 16.1. The second-order valence-corrected chi connectivity index (χ2v) is 16.1. The Labute approximate surface area is 222 Å². The molecule has 0 unspecified atom stereocenters. The number of ether oxygens (including phenoxy) is 3. The monoisotopic (exact) mass is 516 g/mol. The molecule has 2 saturated heterocycles. The van der Waals surface area contributed by atoms with Crippen LogP contribution in [0.25, 0.3) is 0 Å². The molecule has 0 amide bonds. The quantitative estimate of drug-likeness (QED) is 0.449. The van der Waals surface area contributed by atoms with Crippen LogP contribution in [0.3, 0.4) is 0 Å². The molecule has 6 heteroatoms. The summed E-state index contributed by atoms with van der Waals surface area (Å²) in [5, 5.41) is 23.2. The van der Waals surface area contributed by atoms with Gasteiger partial charge in [0.15, 0.2) is 6.10 Å². The summed E-state index contributed by atoms with van der Waals surface area (Å²) in [5.41, 5.74) is -0.331. The fourth-order valence-electron chi connectivity index (χ4n) is 12.6. The Kier molecular flexibility index (Phi) is 4.80. The van der Waals surface area contributed by atoms with Gasteiger partial charge in [-0.2, -0.15) is 0 Å². The van der Waals surface area contributed by atoms with Crippen molar-refractivity contribution in [3.05, 3.63) is 0 Å². The van der Waals surface area contributed by atoms with E-state index in [-0.39, 0.29) is 34.6 Å². The molecule has 0 bridgehead atoms. The molecule has 7 aliphatic rings. The summed E-state index contributed by atoms with van der Waals surface area (Å²) in [6, 6.07) is 0. The van der Waals surface area contributed by atoms with Crippen LogP contribution < -0.4 is 0 Å². The maximum Gasteiger partial charge on any atom is 0.509 e. The highest BCUT2D eigenvalue weighted by Gasteiger charge is 2.84. The van der Waals surface area contributed by atoms with Crippen LogP contribution in [0, 0.1) is 50.7 Å². The average molecular weight is 517 g/mol. The predicted octanol–water partition coefficient (Wildman–Crippen LogP) is 5.47. The SMILES string of the molecule is C[C@@H]1C[C@H]([C@@H]2OC(=O)OC2(C)C)O[C@H]2[C@H]1[C@@]1(C)CC[C@@]34C[C@@]35CC[C@H](O)C(C)(C)[C@@H]5CC[C@H]4[C@]1(C)[C@H]2O. The molecule has 208 valence electrons. The van der Waals surface area contributed by atoms with Crippen LogP contribution in [-0.2, 0) is 14.2 Å². The van der Waals surface area contributed by atoms with Crippen molar-refractivity contribution in [2.24, 2.45) is 50.7 Å². The molecule has 5 aliphatic carbocycles. The average Bonchev–Trinajstić information content (AvgIpc) is 3.34. The van der Waals surface area contributed by atoms with Gasteiger partial charge in [0.2, 0.25) is 0 Å². The maximum atomic E-state index is 12.3. The zero-order valence-corrected chi connectivity index (χ0v) is 23.9. The number of fused-ring (bicyclic) bond motifs is 4. The topological polar surface area (TPSA) is 85.2 Å². The molecule has 6 nitrogen and oxygen atoms in total. The van der Waals surface area contributed by atoms with Gasteiger partial charge in [0.25, 0.3) is 0 Å². The highest BCUT2D eigenvalue weighted by Crippen LogP contribution is 2.89. The van der Waals surface area contributed by atoms with Crippen LogP contribution in [-0.4, -0.2) is 52.5 Å². The number of hydrogen-bond donors (Lipinski definition) is 2. The van der Waals surface area contributed by atoms with Gasteiger partial charge in [-0.1, -0.05) is 34.6 Å². The third kappa shape index (κ3) is 2.68. The Hall–Kier alpha value is -0.850. The van der Waals surface area contributed by atoms with E-state index in [1.54, 1.807) is 0 Å². The van der Waals surface area contributed by atoms with Crippen molar-refractivity contribution >= 4 is 6.16 Å². The standard InChI is InChI=1S/C31H48O6/c1-16-14-17(24-27(4,5)37-25(34)36-24)35-22-21(16)28(6)12-13-31-15-30(31)11-10-20(32)26(2,3)18(30)8-9-19(31)29(28,7)23(22)33/h16-24,32-33H,8-15H2,1-7H3/t16-,17-,18+,19+,20+,21+,22+,23+,24+,28-,29-,30-,31+/m1/s1. The van der Waals surface area contributed by atoms with E-state index in [0.29, 0.717) is 34.5 Å². The van der Waals surface area contributed by atoms with Crippen molar-refractivity contribution in [1.29, 1.82) is 0 Å². The van der Waals surface area contributed by atoms with Crippen LogP contribution in [0.2, 0.25) is 0 Å². The lowest BCUT2D eigenvalue weighted by Crippen LogP contribution is -2.59. The van der Waals surface area contributed by atoms with E-state index in [2.05, 4.69) is 34.6 Å². The molecule has 2 aliphatic heterocycles. The van der Waals surface area contributed by atoms with Crippen LogP contribution in [0.1, 0.15) is 99.8 Å². The van der Waals surface area contributed by atoms with Gasteiger partial charge in [-0.25, -0.2) is 4.79 Å². The number of aliphatic hydroxyl groups excluding tert-OH is 2. The molecule has 0 aromatic rings. The van der Waals surface area contributed by atoms with Gasteiger partial charge in [-0.05, 0) is 111 Å². The van der Waals surface area contributed by atoms with E-state index in [9.17, 15) is 15.0 Å². The Morgan fingerprint density at radius 1 is 0.892 bits per heavy atom. The van der Waals surface area contributed by atoms with Crippen molar-refractivity contribution < 1.29 is 29.2 Å². The highest BCUT2D eigenvalue weighted by atomic mass is 16.8. The summed E-state index contributed by atoms with van der Waals surface area (Å²) in [5.74, 6) is 1.72. The number of carbonyl (C=O) groups is 1. The largest absolute Gasteiger partial charge is 0.509 e. The zero-order valence-electron chi connectivity index (χ0n) is 23.9. The molecule has 0 aromatic carbocycles. The summed E-state index contributed by atoms with van der Waals surface area (Å²) < 4.78 is 17.9. The van der Waals surface area contributed by atoms with Crippen molar-refractivity contribution in [1.82, 2.24) is 0 Å². The number of carbonyl (C=O) groups excluding carboxylic acids is 1. The van der Waals surface area contributed by atoms with Gasteiger partial charge >= 0.3 is 6.16 Å². The first-order valence-electron chi connectivity index (χ1n) is 15.1. The van der Waals surface area contributed by atoms with Crippen molar-refractivity contribution in [3.63, 3.8) is 0 Å².